The van der Waals surface area contributed by atoms with Crippen LogP contribution < -0.4 is 10.1 Å². The second-order valence-electron chi connectivity index (χ2n) is 8.59. The van der Waals surface area contributed by atoms with Gasteiger partial charge in [0.1, 0.15) is 18.1 Å². The number of amides is 1. The molecule has 9 heteroatoms. The van der Waals surface area contributed by atoms with Crippen LogP contribution in [0.5, 0.6) is 5.75 Å². The van der Waals surface area contributed by atoms with Crippen LogP contribution in [0.1, 0.15) is 58.5 Å². The average molecular weight is 480 g/mol. The van der Waals surface area contributed by atoms with E-state index in [9.17, 15) is 18.0 Å². The Morgan fingerprint density at radius 3 is 2.62 bits per heavy atom. The van der Waals surface area contributed by atoms with Crippen molar-refractivity contribution in [2.45, 2.75) is 51.9 Å². The van der Waals surface area contributed by atoms with Crippen molar-refractivity contribution in [2.24, 2.45) is 0 Å². The number of nitrogens with zero attached hydrogens (tertiary/aromatic N) is 2. The maximum atomic E-state index is 12.7. The molecular weight excluding hydrogens is 447 g/mol. The summed E-state index contributed by atoms with van der Waals surface area (Å²) in [6, 6.07) is 6.35. The lowest BCUT2D eigenvalue weighted by Crippen LogP contribution is -2.41. The van der Waals surface area contributed by atoms with Gasteiger partial charge in [0.05, 0.1) is 12.2 Å². The number of rotatable bonds is 9. The second-order valence-corrected chi connectivity index (χ2v) is 8.59. The molecule has 1 unspecified atom stereocenters. The molecule has 6 nitrogen and oxygen atoms in total. The van der Waals surface area contributed by atoms with Gasteiger partial charge in [-0.25, -0.2) is 0 Å². The zero-order chi connectivity index (χ0) is 24.9. The number of hydrogen-bond donors (Lipinski definition) is 1. The van der Waals surface area contributed by atoms with Crippen molar-refractivity contribution in [3.8, 4) is 5.75 Å². The number of halogens is 3. The number of carbonyl (C=O) groups is 1. The molecule has 0 aliphatic carbocycles. The van der Waals surface area contributed by atoms with Gasteiger partial charge in [-0.3, -0.25) is 14.7 Å². The second kappa shape index (κ2) is 11.2. The first-order valence-corrected chi connectivity index (χ1v) is 11.4. The number of nitrogens with one attached hydrogen (secondary N) is 1. The first-order valence-electron chi connectivity index (χ1n) is 11.4. The summed E-state index contributed by atoms with van der Waals surface area (Å²) < 4.78 is 49.0. The van der Waals surface area contributed by atoms with Crippen LogP contribution in [0.3, 0.4) is 0 Å². The Hall–Kier alpha value is -2.65. The third-order valence-electron chi connectivity index (χ3n) is 6.51. The summed E-state index contributed by atoms with van der Waals surface area (Å²) >= 11 is 0. The fraction of sp³-hybridized carbons (Fsp3) is 0.520. The summed E-state index contributed by atoms with van der Waals surface area (Å²) in [4.78, 5) is 18.2. The van der Waals surface area contributed by atoms with E-state index in [-0.39, 0.29) is 17.6 Å². The molecule has 34 heavy (non-hydrogen) atoms. The van der Waals surface area contributed by atoms with Crippen LogP contribution in [0.4, 0.5) is 13.2 Å². The molecule has 0 radical (unpaired) electrons. The molecular formula is C25H32F3N3O3. The van der Waals surface area contributed by atoms with E-state index in [1.54, 1.807) is 7.11 Å². The molecule has 0 spiro atoms. The first-order chi connectivity index (χ1) is 16.1. The fourth-order valence-electron chi connectivity index (χ4n) is 4.43. The fourth-order valence-corrected chi connectivity index (χ4v) is 4.43. The first kappa shape index (κ1) is 26.0. The van der Waals surface area contributed by atoms with E-state index >= 15 is 0 Å². The zero-order valence-corrected chi connectivity index (χ0v) is 20.0. The summed E-state index contributed by atoms with van der Waals surface area (Å²) in [7, 11) is 1.64. The molecule has 1 amide bonds. The van der Waals surface area contributed by atoms with Gasteiger partial charge in [0.15, 0.2) is 0 Å². The number of pyridine rings is 1. The molecule has 2 aromatic rings. The number of aromatic nitrogens is 1. The van der Waals surface area contributed by atoms with Gasteiger partial charge in [-0.15, -0.1) is 0 Å². The van der Waals surface area contributed by atoms with Crippen molar-refractivity contribution in [1.29, 1.82) is 0 Å². The molecule has 0 bridgehead atoms. The maximum absolute atomic E-state index is 12.7. The van der Waals surface area contributed by atoms with Gasteiger partial charge >= 0.3 is 6.18 Å². The zero-order valence-electron chi connectivity index (χ0n) is 20.0. The Bertz CT molecular complexity index is 980. The predicted molar refractivity (Wildman–Crippen MR) is 123 cm³/mol. The molecule has 1 aromatic carbocycles. The number of hydrogen-bond acceptors (Lipinski definition) is 5. The van der Waals surface area contributed by atoms with Crippen molar-refractivity contribution >= 4 is 5.91 Å². The minimum absolute atomic E-state index is 0.112. The standard InChI is InChI=1S/C25H32F3N3O3/c1-16-17(2)22(34-13-12-33-4)9-8-21(16)18(3)31-11-5-6-20(31)15-30-24(32)19-7-10-23(29-14-19)25(26,27)28/h7-10,14,18,20H,5-6,11-13,15H2,1-4H3,(H,30,32)/t18?,20-/m1/s1. The van der Waals surface area contributed by atoms with Crippen molar-refractivity contribution in [3.63, 3.8) is 0 Å². The Morgan fingerprint density at radius 2 is 1.97 bits per heavy atom. The van der Waals surface area contributed by atoms with E-state index in [2.05, 4.69) is 35.1 Å². The van der Waals surface area contributed by atoms with Crippen LogP contribution in [-0.4, -0.2) is 55.2 Å². The van der Waals surface area contributed by atoms with E-state index in [0.29, 0.717) is 19.8 Å². The monoisotopic (exact) mass is 479 g/mol. The van der Waals surface area contributed by atoms with Crippen LogP contribution in [0.2, 0.25) is 0 Å². The third-order valence-corrected chi connectivity index (χ3v) is 6.51. The minimum Gasteiger partial charge on any atom is -0.491 e. The molecule has 1 saturated heterocycles. The number of alkyl halides is 3. The van der Waals surface area contributed by atoms with Gasteiger partial charge in [-0.1, -0.05) is 6.07 Å². The molecule has 0 saturated carbocycles. The topological polar surface area (TPSA) is 63.7 Å². The highest BCUT2D eigenvalue weighted by molar-refractivity contribution is 5.93. The van der Waals surface area contributed by atoms with E-state index < -0.39 is 17.8 Å². The molecule has 186 valence electrons. The summed E-state index contributed by atoms with van der Waals surface area (Å²) in [5, 5.41) is 2.87. The quantitative estimate of drug-likeness (QED) is 0.529. The molecule has 1 aromatic heterocycles. The Morgan fingerprint density at radius 1 is 1.21 bits per heavy atom. The summed E-state index contributed by atoms with van der Waals surface area (Å²) in [6.07, 6.45) is -1.61. The number of ether oxygens (including phenoxy) is 2. The molecule has 2 heterocycles. The van der Waals surface area contributed by atoms with Gasteiger partial charge in [-0.05, 0) is 75.0 Å². The van der Waals surface area contributed by atoms with E-state index in [1.807, 2.05) is 13.0 Å². The summed E-state index contributed by atoms with van der Waals surface area (Å²) in [6.45, 7) is 8.65. The van der Waals surface area contributed by atoms with Gasteiger partial charge in [0, 0.05) is 31.9 Å². The lowest BCUT2D eigenvalue weighted by molar-refractivity contribution is -0.141. The van der Waals surface area contributed by atoms with E-state index in [4.69, 9.17) is 9.47 Å². The van der Waals surface area contributed by atoms with Gasteiger partial charge in [-0.2, -0.15) is 13.2 Å². The smallest absolute Gasteiger partial charge is 0.433 e. The molecule has 1 aliphatic rings. The third kappa shape index (κ3) is 6.07. The van der Waals surface area contributed by atoms with Crippen molar-refractivity contribution in [3.05, 3.63) is 58.4 Å². The highest BCUT2D eigenvalue weighted by Crippen LogP contribution is 2.34. The molecule has 1 N–H and O–H groups in total. The van der Waals surface area contributed by atoms with Crippen molar-refractivity contribution in [2.75, 3.05) is 33.4 Å². The Labute approximate surface area is 198 Å². The lowest BCUT2D eigenvalue weighted by Gasteiger charge is -2.32. The average Bonchev–Trinajstić information content (AvgIpc) is 3.28. The maximum Gasteiger partial charge on any atom is 0.433 e. The van der Waals surface area contributed by atoms with Crippen LogP contribution in [0.25, 0.3) is 0 Å². The van der Waals surface area contributed by atoms with Crippen molar-refractivity contribution in [1.82, 2.24) is 15.2 Å². The Balaban J connectivity index is 1.63. The summed E-state index contributed by atoms with van der Waals surface area (Å²) in [5.41, 5.74) is 2.58. The van der Waals surface area contributed by atoms with Gasteiger partial charge in [0.25, 0.3) is 5.91 Å². The number of benzene rings is 1. The normalized spacial score (nSPS) is 17.6. The molecule has 3 rings (SSSR count). The largest absolute Gasteiger partial charge is 0.491 e. The minimum atomic E-state index is -4.53. The van der Waals surface area contributed by atoms with E-state index in [1.165, 1.54) is 11.1 Å². The number of likely N-dealkylation sites (tertiary alicyclic amines) is 1. The number of methoxy groups -OCH3 is 1. The Kier molecular flexibility index (Phi) is 8.54. The van der Waals surface area contributed by atoms with Crippen LogP contribution in [0.15, 0.2) is 30.5 Å². The van der Waals surface area contributed by atoms with E-state index in [0.717, 1.165) is 49.0 Å². The molecule has 1 aliphatic heterocycles. The van der Waals surface area contributed by atoms with Gasteiger partial charge < -0.3 is 14.8 Å². The highest BCUT2D eigenvalue weighted by Gasteiger charge is 2.33. The van der Waals surface area contributed by atoms with Gasteiger partial charge in [0.2, 0.25) is 0 Å². The lowest BCUT2D eigenvalue weighted by atomic mass is 9.96. The van der Waals surface area contributed by atoms with Crippen LogP contribution in [-0.2, 0) is 10.9 Å². The molecule has 2 atom stereocenters. The van der Waals surface area contributed by atoms with Crippen molar-refractivity contribution < 1.29 is 27.4 Å². The molecule has 1 fully saturated rings. The number of carbonyl (C=O) groups excluding carboxylic acids is 1. The highest BCUT2D eigenvalue weighted by atomic mass is 19.4. The SMILES string of the molecule is COCCOc1ccc(C(C)N2CCC[C@@H]2CNC(=O)c2ccc(C(F)(F)F)nc2)c(C)c1C. The predicted octanol–water partition coefficient (Wildman–Crippen LogP) is 4.70. The van der Waals surface area contributed by atoms with Crippen LogP contribution in [0, 0.1) is 13.8 Å². The van der Waals surface area contributed by atoms with Crippen LogP contribution >= 0.6 is 0 Å². The summed E-state index contributed by atoms with van der Waals surface area (Å²) in [5.74, 6) is 0.422.